The zero-order valence-electron chi connectivity index (χ0n) is 12.0. The Labute approximate surface area is 129 Å². The predicted molar refractivity (Wildman–Crippen MR) is 78.2 cm³/mol. The molecule has 0 fully saturated rings. The summed E-state index contributed by atoms with van der Waals surface area (Å²) >= 11 is 0. The van der Waals surface area contributed by atoms with Crippen LogP contribution in [0.3, 0.4) is 0 Å². The van der Waals surface area contributed by atoms with Crippen LogP contribution in [0.25, 0.3) is 6.08 Å². The molecule has 0 aliphatic heterocycles. The highest BCUT2D eigenvalue weighted by atomic mass is 19.4. The lowest BCUT2D eigenvalue weighted by atomic mass is 10.2. The molecular formula is C15H12F3N3O2. The number of anilines is 2. The van der Waals surface area contributed by atoms with Gasteiger partial charge in [-0.1, -0.05) is 0 Å². The van der Waals surface area contributed by atoms with Crippen molar-refractivity contribution in [3.8, 4) is 5.75 Å². The topological polar surface area (TPSA) is 64.1 Å². The summed E-state index contributed by atoms with van der Waals surface area (Å²) in [6, 6.07) is 5.18. The van der Waals surface area contributed by atoms with Crippen LogP contribution >= 0.6 is 0 Å². The highest BCUT2D eigenvalue weighted by Crippen LogP contribution is 2.24. The summed E-state index contributed by atoms with van der Waals surface area (Å²) < 4.78 is 40.0. The molecule has 0 aliphatic carbocycles. The first-order valence-corrected chi connectivity index (χ1v) is 6.44. The van der Waals surface area contributed by atoms with Crippen molar-refractivity contribution in [1.29, 1.82) is 0 Å². The number of carbonyl (C=O) groups excluding carboxylic acids is 1. The van der Waals surface area contributed by atoms with Crippen LogP contribution in [0.15, 0.2) is 42.2 Å². The first-order chi connectivity index (χ1) is 10.9. The van der Waals surface area contributed by atoms with Crippen molar-refractivity contribution in [2.24, 2.45) is 0 Å². The molecule has 0 unspecified atom stereocenters. The van der Waals surface area contributed by atoms with E-state index < -0.39 is 6.36 Å². The van der Waals surface area contributed by atoms with E-state index in [-0.39, 0.29) is 11.7 Å². The minimum absolute atomic E-state index is 0.274. The Morgan fingerprint density at radius 3 is 2.30 bits per heavy atom. The van der Waals surface area contributed by atoms with Crippen molar-refractivity contribution < 1.29 is 22.7 Å². The molecular weight excluding hydrogens is 311 g/mol. The molecule has 0 radical (unpaired) electrons. The second-order valence-corrected chi connectivity index (χ2v) is 4.54. The number of aldehydes is 1. The third-order valence-corrected chi connectivity index (χ3v) is 2.60. The van der Waals surface area contributed by atoms with Crippen molar-refractivity contribution in [1.82, 2.24) is 9.97 Å². The van der Waals surface area contributed by atoms with Gasteiger partial charge in [-0.05, 0) is 42.8 Å². The Balaban J connectivity index is 2.03. The number of nitrogens with one attached hydrogen (secondary N) is 1. The molecule has 1 aromatic carbocycles. The van der Waals surface area contributed by atoms with E-state index in [1.54, 1.807) is 13.0 Å². The molecule has 0 spiro atoms. The second kappa shape index (κ2) is 6.91. The maximum absolute atomic E-state index is 12.1. The quantitative estimate of drug-likeness (QED) is 0.671. The zero-order chi connectivity index (χ0) is 16.9. The van der Waals surface area contributed by atoms with Gasteiger partial charge in [0.05, 0.1) is 0 Å². The Morgan fingerprint density at radius 2 is 1.78 bits per heavy atom. The van der Waals surface area contributed by atoms with Gasteiger partial charge in [0.25, 0.3) is 0 Å². The van der Waals surface area contributed by atoms with Gasteiger partial charge in [0.2, 0.25) is 5.95 Å². The van der Waals surface area contributed by atoms with Gasteiger partial charge in [-0.3, -0.25) is 4.79 Å². The monoisotopic (exact) mass is 323 g/mol. The minimum atomic E-state index is -4.72. The number of rotatable bonds is 5. The van der Waals surface area contributed by atoms with Gasteiger partial charge in [-0.25, -0.2) is 9.97 Å². The Bertz CT molecular complexity index is 695. The number of alkyl halides is 3. The molecule has 2 aromatic rings. The molecule has 2 rings (SSSR count). The Kier molecular flexibility index (Phi) is 4.95. The molecule has 120 valence electrons. The van der Waals surface area contributed by atoms with Crippen LogP contribution in [0.2, 0.25) is 0 Å². The molecule has 0 saturated heterocycles. The molecule has 0 bridgehead atoms. The van der Waals surface area contributed by atoms with Crippen LogP contribution in [0, 0.1) is 0 Å². The lowest BCUT2D eigenvalue weighted by Gasteiger charge is -2.09. The number of halogens is 3. The third kappa shape index (κ3) is 5.42. The number of nitrogens with zero attached hydrogens (tertiary/aromatic N) is 2. The van der Waals surface area contributed by atoms with Gasteiger partial charge < -0.3 is 10.1 Å². The van der Waals surface area contributed by atoms with Crippen LogP contribution in [0.1, 0.15) is 12.5 Å². The summed E-state index contributed by atoms with van der Waals surface area (Å²) in [5, 5.41) is 2.84. The van der Waals surface area contributed by atoms with E-state index in [0.29, 0.717) is 16.8 Å². The van der Waals surface area contributed by atoms with Crippen LogP contribution in [0.4, 0.5) is 24.8 Å². The van der Waals surface area contributed by atoms with Gasteiger partial charge in [-0.15, -0.1) is 13.2 Å². The van der Waals surface area contributed by atoms with Crippen molar-refractivity contribution in [2.45, 2.75) is 13.3 Å². The Morgan fingerprint density at radius 1 is 1.17 bits per heavy atom. The van der Waals surface area contributed by atoms with E-state index in [0.717, 1.165) is 6.29 Å². The van der Waals surface area contributed by atoms with Gasteiger partial charge in [0.1, 0.15) is 12.0 Å². The first-order valence-electron chi connectivity index (χ1n) is 6.44. The normalized spacial score (nSPS) is 11.9. The van der Waals surface area contributed by atoms with E-state index in [2.05, 4.69) is 20.0 Å². The lowest BCUT2D eigenvalue weighted by Crippen LogP contribution is -2.16. The number of hydrogen-bond donors (Lipinski definition) is 1. The molecule has 1 N–H and O–H groups in total. The van der Waals surface area contributed by atoms with Crippen molar-refractivity contribution in [3.63, 3.8) is 0 Å². The fraction of sp³-hybridized carbons (Fsp3) is 0.133. The standard InChI is InChI=1S/C15H12F3N3O2/c1-10(9-22)6-11-7-19-14(20-8-11)21-12-2-4-13(5-3-12)23-15(16,17)18/h2-9H,1H3,(H,19,20,21)/b10-6+. The maximum Gasteiger partial charge on any atom is 0.573 e. The SMILES string of the molecule is C/C(C=O)=C\c1cnc(Nc2ccc(OC(F)(F)F)cc2)nc1. The van der Waals surface area contributed by atoms with Crippen LogP contribution < -0.4 is 10.1 Å². The summed E-state index contributed by atoms with van der Waals surface area (Å²) in [6.45, 7) is 1.66. The minimum Gasteiger partial charge on any atom is -0.406 e. The number of aromatic nitrogens is 2. The predicted octanol–water partition coefficient (Wildman–Crippen LogP) is 3.72. The lowest BCUT2D eigenvalue weighted by molar-refractivity contribution is -0.274. The highest BCUT2D eigenvalue weighted by molar-refractivity contribution is 5.80. The highest BCUT2D eigenvalue weighted by Gasteiger charge is 2.30. The fourth-order valence-corrected chi connectivity index (χ4v) is 1.64. The van der Waals surface area contributed by atoms with Gasteiger partial charge >= 0.3 is 6.36 Å². The number of benzene rings is 1. The smallest absolute Gasteiger partial charge is 0.406 e. The van der Waals surface area contributed by atoms with E-state index >= 15 is 0 Å². The molecule has 1 heterocycles. The average molecular weight is 323 g/mol. The summed E-state index contributed by atoms with van der Waals surface area (Å²) in [5.74, 6) is -0.0378. The van der Waals surface area contributed by atoms with E-state index in [9.17, 15) is 18.0 Å². The molecule has 0 atom stereocenters. The van der Waals surface area contributed by atoms with Gasteiger partial charge in [-0.2, -0.15) is 0 Å². The number of carbonyl (C=O) groups is 1. The summed E-state index contributed by atoms with van der Waals surface area (Å²) in [5.41, 5.74) is 1.70. The summed E-state index contributed by atoms with van der Waals surface area (Å²) in [7, 11) is 0. The van der Waals surface area contributed by atoms with Crippen molar-refractivity contribution in [3.05, 3.63) is 47.8 Å². The molecule has 0 aliphatic rings. The van der Waals surface area contributed by atoms with E-state index in [4.69, 9.17) is 0 Å². The first kappa shape index (κ1) is 16.5. The summed E-state index contributed by atoms with van der Waals surface area (Å²) in [6.07, 6.45) is 0.658. The average Bonchev–Trinajstić information content (AvgIpc) is 2.49. The number of hydrogen-bond acceptors (Lipinski definition) is 5. The summed E-state index contributed by atoms with van der Waals surface area (Å²) in [4.78, 5) is 18.6. The molecule has 5 nitrogen and oxygen atoms in total. The van der Waals surface area contributed by atoms with Crippen LogP contribution in [-0.2, 0) is 4.79 Å². The van der Waals surface area contributed by atoms with Crippen LogP contribution in [-0.4, -0.2) is 22.6 Å². The van der Waals surface area contributed by atoms with Gasteiger partial charge in [0.15, 0.2) is 0 Å². The molecule has 23 heavy (non-hydrogen) atoms. The van der Waals surface area contributed by atoms with Crippen molar-refractivity contribution in [2.75, 3.05) is 5.32 Å². The maximum atomic E-state index is 12.1. The zero-order valence-corrected chi connectivity index (χ0v) is 12.0. The Hall–Kier alpha value is -2.90. The van der Waals surface area contributed by atoms with Crippen molar-refractivity contribution >= 4 is 24.0 Å². The third-order valence-electron chi connectivity index (χ3n) is 2.60. The van der Waals surface area contributed by atoms with Crippen LogP contribution in [0.5, 0.6) is 5.75 Å². The largest absolute Gasteiger partial charge is 0.573 e. The number of ether oxygens (including phenoxy) is 1. The number of allylic oxidation sites excluding steroid dienone is 1. The van der Waals surface area contributed by atoms with Gasteiger partial charge in [0, 0.05) is 23.6 Å². The second-order valence-electron chi connectivity index (χ2n) is 4.54. The molecule has 0 saturated carbocycles. The molecule has 1 aromatic heterocycles. The molecule has 0 amide bonds. The fourth-order valence-electron chi connectivity index (χ4n) is 1.64. The van der Waals surface area contributed by atoms with E-state index in [1.807, 2.05) is 0 Å². The van der Waals surface area contributed by atoms with E-state index in [1.165, 1.54) is 36.7 Å². The molecule has 8 heteroatoms.